The summed E-state index contributed by atoms with van der Waals surface area (Å²) in [7, 11) is 0. The van der Waals surface area contributed by atoms with E-state index in [9.17, 15) is 97.0 Å². The molecule has 9 aliphatic rings. The quantitative estimate of drug-likeness (QED) is 0.0506. The second kappa shape index (κ2) is 27.6. The molecule has 0 spiro atoms. The van der Waals surface area contributed by atoms with Crippen LogP contribution in [0, 0.1) is 45.3 Å². The van der Waals surface area contributed by atoms with Crippen molar-refractivity contribution in [3.63, 3.8) is 0 Å². The van der Waals surface area contributed by atoms with Crippen LogP contribution >= 0.6 is 0 Å². The summed E-state index contributed by atoms with van der Waals surface area (Å²) in [5.74, 6) is 0.175. The fourth-order valence-electron chi connectivity index (χ4n) is 17.2. The topological polar surface area (TPSA) is 477 Å². The maximum atomic E-state index is 12.7. The molecule has 0 amide bonds. The van der Waals surface area contributed by atoms with Crippen molar-refractivity contribution in [3.05, 3.63) is 11.6 Å². The van der Waals surface area contributed by atoms with E-state index < -0.39 is 221 Å². The summed E-state index contributed by atoms with van der Waals surface area (Å²) in [6, 6.07) is 0. The second-order valence-electron chi connectivity index (χ2n) is 28.6. The number of fused-ring (bicyclic) bond motifs is 5. The summed E-state index contributed by atoms with van der Waals surface area (Å²) in [5, 5.41) is 206. The summed E-state index contributed by atoms with van der Waals surface area (Å²) >= 11 is 0. The van der Waals surface area contributed by atoms with Gasteiger partial charge in [0.2, 0.25) is 0 Å². The predicted octanol–water partition coefficient (Wildman–Crippen LogP) is -5.41. The first-order valence-corrected chi connectivity index (χ1v) is 31.6. The van der Waals surface area contributed by atoms with Crippen LogP contribution in [-0.4, -0.2) is 308 Å². The van der Waals surface area contributed by atoms with Crippen molar-refractivity contribution in [1.82, 2.24) is 0 Å². The SMILES string of the molecule is C[C@H](CC[C@@H](O[C@@H]1OC(CO)C(O)[C@H](O)C1O[C@@H]1OC(CO)[C@@H](O[C@@H]2OC(CO)[C@@H](O[C@@H]3OC(CO)[C@@H](O)[C@H](O)C3O)[C@H](O)C2O)[C@H](O)C1O)C(C)(C)O)[C@H]1CC[C@@]2(C)C3CC=C4[C@@H](CC[C@H](O[C@@H]5OC(CO)[C@@H](O)[C@H](O)C5O)C4(C)C)[C@]3(C)[C@H](O)C[C@]12C. The lowest BCUT2D eigenvalue weighted by molar-refractivity contribution is -0.394. The van der Waals surface area contributed by atoms with Crippen molar-refractivity contribution in [1.29, 1.82) is 0 Å². The number of hydrogen-bond acceptors (Lipinski definition) is 29. The third-order valence-corrected chi connectivity index (χ3v) is 22.9. The number of ether oxygens (including phenoxy) is 10. The van der Waals surface area contributed by atoms with Gasteiger partial charge in [-0.1, -0.05) is 53.2 Å². The Hall–Kier alpha value is -1.42. The van der Waals surface area contributed by atoms with Gasteiger partial charge in [0.05, 0.1) is 56.9 Å². The van der Waals surface area contributed by atoms with Crippen LogP contribution < -0.4 is 0 Å². The first-order valence-electron chi connectivity index (χ1n) is 31.6. The molecule has 0 bridgehead atoms. The van der Waals surface area contributed by atoms with Crippen molar-refractivity contribution in [2.45, 2.75) is 284 Å². The van der Waals surface area contributed by atoms with Crippen LogP contribution in [0.4, 0.5) is 0 Å². The lowest BCUT2D eigenvalue weighted by Gasteiger charge is -2.67. The van der Waals surface area contributed by atoms with Gasteiger partial charge in [-0.25, -0.2) is 0 Å². The highest BCUT2D eigenvalue weighted by molar-refractivity contribution is 5.32. The Kier molecular flexibility index (Phi) is 22.3. The van der Waals surface area contributed by atoms with Gasteiger partial charge in [0, 0.05) is 10.8 Å². The predicted molar refractivity (Wildman–Crippen MR) is 300 cm³/mol. The number of hydrogen-bond donors (Lipinski definition) is 19. The normalized spacial score (nSPS) is 51.8. The maximum Gasteiger partial charge on any atom is 0.187 e. The highest BCUT2D eigenvalue weighted by Gasteiger charge is 2.71. The number of aliphatic hydroxyl groups excluding tert-OH is 18. The number of aliphatic hydroxyl groups is 19. The lowest BCUT2D eigenvalue weighted by atomic mass is 9.38. The lowest BCUT2D eigenvalue weighted by Crippen LogP contribution is -2.67. The molecule has 0 radical (unpaired) electrons. The summed E-state index contributed by atoms with van der Waals surface area (Å²) in [5.41, 5.74) is -2.14. The molecular formula is C60H102O29. The van der Waals surface area contributed by atoms with Gasteiger partial charge in [0.25, 0.3) is 0 Å². The van der Waals surface area contributed by atoms with E-state index in [1.165, 1.54) is 13.8 Å². The minimum atomic E-state index is -2.12. The van der Waals surface area contributed by atoms with Crippen molar-refractivity contribution in [2.24, 2.45) is 45.3 Å². The Morgan fingerprint density at radius 2 is 0.910 bits per heavy atom. The van der Waals surface area contributed by atoms with Crippen molar-refractivity contribution < 1.29 is 144 Å². The monoisotopic (exact) mass is 1290 g/mol. The zero-order chi connectivity index (χ0) is 65.5. The molecule has 516 valence electrons. The first kappa shape index (κ1) is 71.9. The Morgan fingerprint density at radius 1 is 0.494 bits per heavy atom. The maximum absolute atomic E-state index is 12.7. The van der Waals surface area contributed by atoms with Crippen LogP contribution in [0.15, 0.2) is 11.6 Å². The molecule has 89 heavy (non-hydrogen) atoms. The average Bonchev–Trinajstić information content (AvgIpc) is 1.68. The molecule has 9 rings (SSSR count). The molecule has 3 saturated carbocycles. The molecule has 19 N–H and O–H groups in total. The molecule has 5 aliphatic heterocycles. The molecule has 4 aliphatic carbocycles. The molecule has 0 aromatic carbocycles. The highest BCUT2D eigenvalue weighted by Crippen LogP contribution is 2.75. The molecule has 35 atom stereocenters. The van der Waals surface area contributed by atoms with E-state index in [0.717, 1.165) is 18.4 Å². The molecule has 12 unspecified atom stereocenters. The van der Waals surface area contributed by atoms with Crippen molar-refractivity contribution in [3.8, 4) is 0 Å². The van der Waals surface area contributed by atoms with E-state index in [-0.39, 0.29) is 40.9 Å². The zero-order valence-corrected chi connectivity index (χ0v) is 51.8. The number of allylic oxidation sites excluding steroid dienone is 1. The largest absolute Gasteiger partial charge is 0.394 e. The van der Waals surface area contributed by atoms with E-state index in [4.69, 9.17) is 47.4 Å². The highest BCUT2D eigenvalue weighted by atomic mass is 16.8. The van der Waals surface area contributed by atoms with Gasteiger partial charge in [0.1, 0.15) is 122 Å². The van der Waals surface area contributed by atoms with Crippen LogP contribution in [0.25, 0.3) is 0 Å². The van der Waals surface area contributed by atoms with Crippen molar-refractivity contribution >= 4 is 0 Å². The molecule has 0 aromatic heterocycles. The third kappa shape index (κ3) is 12.8. The van der Waals surface area contributed by atoms with E-state index in [1.54, 1.807) is 0 Å². The van der Waals surface area contributed by atoms with Crippen LogP contribution in [0.2, 0.25) is 0 Å². The fourth-order valence-corrected chi connectivity index (χ4v) is 17.2. The molecule has 0 aromatic rings. The second-order valence-corrected chi connectivity index (χ2v) is 28.6. The van der Waals surface area contributed by atoms with Gasteiger partial charge < -0.3 is 144 Å². The Bertz CT molecular complexity index is 2340. The summed E-state index contributed by atoms with van der Waals surface area (Å²) < 4.78 is 59.2. The Morgan fingerprint density at radius 3 is 1.38 bits per heavy atom. The van der Waals surface area contributed by atoms with E-state index >= 15 is 0 Å². The smallest absolute Gasteiger partial charge is 0.187 e. The third-order valence-electron chi connectivity index (χ3n) is 22.9. The van der Waals surface area contributed by atoms with Crippen molar-refractivity contribution in [2.75, 3.05) is 33.0 Å². The summed E-state index contributed by atoms with van der Waals surface area (Å²) in [6.07, 6.45) is -38.5. The molecule has 29 heteroatoms. The summed E-state index contributed by atoms with van der Waals surface area (Å²) in [6.45, 7) is 12.1. The van der Waals surface area contributed by atoms with Crippen LogP contribution in [-0.2, 0) is 47.4 Å². The van der Waals surface area contributed by atoms with E-state index in [0.29, 0.717) is 32.1 Å². The van der Waals surface area contributed by atoms with Gasteiger partial charge in [-0.2, -0.15) is 0 Å². The van der Waals surface area contributed by atoms with Gasteiger partial charge in [-0.15, -0.1) is 0 Å². The van der Waals surface area contributed by atoms with Crippen LogP contribution in [0.5, 0.6) is 0 Å². The summed E-state index contributed by atoms with van der Waals surface area (Å²) in [4.78, 5) is 0. The van der Waals surface area contributed by atoms with Crippen LogP contribution in [0.1, 0.15) is 107 Å². The van der Waals surface area contributed by atoms with Gasteiger partial charge in [-0.3, -0.25) is 0 Å². The molecular weight excluding hydrogens is 1180 g/mol. The zero-order valence-electron chi connectivity index (χ0n) is 51.8. The Balaban J connectivity index is 0.855. The minimum absolute atomic E-state index is 0.00515. The van der Waals surface area contributed by atoms with E-state index in [2.05, 4.69) is 47.6 Å². The molecule has 29 nitrogen and oxygen atoms in total. The molecule has 5 saturated heterocycles. The molecule has 8 fully saturated rings. The standard InChI is InChI=1S/C60H102O29/c1-23(24-15-16-58(6)32-12-10-25-26(60(32,8)33(66)17-59(24,58)7)11-14-34(56(25,2)3)85-51-44(75)39(70)36(67)27(18-61)80-51)9-13-35(57(4,5)79)86-55-50(41(72)38(69)29(20-63)82-55)89-54-47(78)43(74)49(31(22-65)84-54)88-53-46(77)42(73)48(30(21-64)83-53)87-52-45(76)40(71)37(68)28(19-62)81-52/h10,23-24,26-55,61-79H,9,11-22H2,1-8H3/t23-,24-,26-,27?,28?,29?,30?,31?,32?,33-,34+,35-,36-,37-,38?,39+,40+,41+,42-,43-,44?,45?,46?,47?,48-,49-,50?,51+,52+,53+,54+,55+,58+,59-,60+/m1/s1. The van der Waals surface area contributed by atoms with Gasteiger partial charge >= 0.3 is 0 Å². The minimum Gasteiger partial charge on any atom is -0.394 e. The fraction of sp³-hybridized carbons (Fsp3) is 0.967. The van der Waals surface area contributed by atoms with E-state index in [1.807, 2.05) is 0 Å². The van der Waals surface area contributed by atoms with Gasteiger partial charge in [-0.05, 0) is 99.7 Å². The number of rotatable bonds is 20. The first-order chi connectivity index (χ1) is 41.7. The van der Waals surface area contributed by atoms with Crippen LogP contribution in [0.3, 0.4) is 0 Å². The Labute approximate surface area is 517 Å². The molecule has 5 heterocycles. The average molecular weight is 1290 g/mol. The van der Waals surface area contributed by atoms with Gasteiger partial charge in [0.15, 0.2) is 31.5 Å².